The maximum Gasteiger partial charge on any atom is 0.336 e. The van der Waals surface area contributed by atoms with E-state index in [1.807, 2.05) is 26.0 Å². The number of aryl methyl sites for hydroxylation is 1. The lowest BCUT2D eigenvalue weighted by molar-refractivity contribution is 0.561. The van der Waals surface area contributed by atoms with E-state index >= 15 is 0 Å². The van der Waals surface area contributed by atoms with E-state index in [4.69, 9.17) is 4.42 Å². The second kappa shape index (κ2) is 4.09. The van der Waals surface area contributed by atoms with Crippen LogP contribution in [0.1, 0.15) is 12.6 Å². The van der Waals surface area contributed by atoms with Gasteiger partial charge in [-0.2, -0.15) is 0 Å². The summed E-state index contributed by atoms with van der Waals surface area (Å²) in [6.07, 6.45) is 0. The Morgan fingerprint density at radius 2 is 1.95 bits per heavy atom. The molecule has 4 heteroatoms. The topological polar surface area (TPSA) is 52.2 Å². The number of aromatic nitrogens is 1. The van der Waals surface area contributed by atoms with Gasteiger partial charge in [-0.05, 0) is 37.4 Å². The van der Waals surface area contributed by atoms with Crippen molar-refractivity contribution < 1.29 is 4.42 Å². The molecular weight excluding hydrogens is 242 g/mol. The van der Waals surface area contributed by atoms with Crippen molar-refractivity contribution in [2.24, 2.45) is 0 Å². The maximum absolute atomic E-state index is 12.5. The van der Waals surface area contributed by atoms with Gasteiger partial charge >= 0.3 is 5.63 Å². The van der Waals surface area contributed by atoms with E-state index in [0.29, 0.717) is 22.9 Å². The standard InChI is InChI=1S/C15H13NO3/c1-3-16-9(2)8-10-4-6-12-11(14(10)15(16)18)5-7-13(17)19-12/h4-8H,3H2,1-2H3. The fraction of sp³-hybridized carbons (Fsp3) is 0.200. The van der Waals surface area contributed by atoms with Crippen LogP contribution in [0.3, 0.4) is 0 Å². The summed E-state index contributed by atoms with van der Waals surface area (Å²) in [4.78, 5) is 23.8. The van der Waals surface area contributed by atoms with Crippen molar-refractivity contribution >= 4 is 21.7 Å². The highest BCUT2D eigenvalue weighted by Crippen LogP contribution is 2.22. The van der Waals surface area contributed by atoms with Crippen LogP contribution in [0.15, 0.2) is 44.3 Å². The maximum atomic E-state index is 12.5. The third-order valence-corrected chi connectivity index (χ3v) is 3.40. The molecule has 0 unspecified atom stereocenters. The summed E-state index contributed by atoms with van der Waals surface area (Å²) in [5, 5.41) is 2.16. The van der Waals surface area contributed by atoms with E-state index < -0.39 is 5.63 Å². The number of rotatable bonds is 1. The van der Waals surface area contributed by atoms with Gasteiger partial charge in [0, 0.05) is 23.7 Å². The Morgan fingerprint density at radius 1 is 1.16 bits per heavy atom. The van der Waals surface area contributed by atoms with Gasteiger partial charge < -0.3 is 8.98 Å². The summed E-state index contributed by atoms with van der Waals surface area (Å²) in [7, 11) is 0. The Morgan fingerprint density at radius 3 is 2.68 bits per heavy atom. The minimum Gasteiger partial charge on any atom is -0.423 e. The summed E-state index contributed by atoms with van der Waals surface area (Å²) in [6.45, 7) is 4.47. The molecule has 3 rings (SSSR count). The zero-order chi connectivity index (χ0) is 13.6. The minimum absolute atomic E-state index is 0.0445. The van der Waals surface area contributed by atoms with E-state index in [9.17, 15) is 9.59 Å². The lowest BCUT2D eigenvalue weighted by Gasteiger charge is -2.10. The molecule has 0 aliphatic heterocycles. The smallest absolute Gasteiger partial charge is 0.336 e. The summed E-state index contributed by atoms with van der Waals surface area (Å²) in [6, 6.07) is 8.52. The Labute approximate surface area is 108 Å². The van der Waals surface area contributed by atoms with Crippen LogP contribution in [0.5, 0.6) is 0 Å². The van der Waals surface area contributed by atoms with E-state index in [1.165, 1.54) is 6.07 Å². The van der Waals surface area contributed by atoms with Gasteiger partial charge in [0.25, 0.3) is 5.56 Å². The van der Waals surface area contributed by atoms with Crippen LogP contribution in [0.4, 0.5) is 0 Å². The summed E-state index contributed by atoms with van der Waals surface area (Å²) >= 11 is 0. The highest BCUT2D eigenvalue weighted by molar-refractivity contribution is 6.04. The Bertz CT molecular complexity index is 903. The van der Waals surface area contributed by atoms with Crippen LogP contribution in [0.25, 0.3) is 21.7 Å². The number of hydrogen-bond donors (Lipinski definition) is 0. The molecule has 0 saturated carbocycles. The van der Waals surface area contributed by atoms with Gasteiger partial charge in [0.1, 0.15) is 5.58 Å². The third-order valence-electron chi connectivity index (χ3n) is 3.40. The second-order valence-electron chi connectivity index (χ2n) is 4.53. The molecular formula is C15H13NO3. The highest BCUT2D eigenvalue weighted by atomic mass is 16.4. The quantitative estimate of drug-likeness (QED) is 0.495. The molecule has 96 valence electrons. The second-order valence-corrected chi connectivity index (χ2v) is 4.53. The lowest BCUT2D eigenvalue weighted by Crippen LogP contribution is -2.21. The zero-order valence-corrected chi connectivity index (χ0v) is 10.8. The number of benzene rings is 1. The molecule has 0 atom stereocenters. The largest absolute Gasteiger partial charge is 0.423 e. The van der Waals surface area contributed by atoms with Crippen LogP contribution in [-0.2, 0) is 6.54 Å². The molecule has 0 aliphatic carbocycles. The van der Waals surface area contributed by atoms with E-state index in [2.05, 4.69) is 0 Å². The number of pyridine rings is 1. The van der Waals surface area contributed by atoms with Crippen molar-refractivity contribution in [1.29, 1.82) is 0 Å². The monoisotopic (exact) mass is 255 g/mol. The third kappa shape index (κ3) is 1.68. The molecule has 0 amide bonds. The van der Waals surface area contributed by atoms with Gasteiger partial charge in [0.15, 0.2) is 0 Å². The molecule has 0 bridgehead atoms. The van der Waals surface area contributed by atoms with Crippen LogP contribution >= 0.6 is 0 Å². The Balaban J connectivity index is 2.61. The van der Waals surface area contributed by atoms with E-state index in [-0.39, 0.29) is 5.56 Å². The zero-order valence-electron chi connectivity index (χ0n) is 10.8. The molecule has 19 heavy (non-hydrogen) atoms. The van der Waals surface area contributed by atoms with Crippen LogP contribution < -0.4 is 11.2 Å². The first-order valence-corrected chi connectivity index (χ1v) is 6.19. The summed E-state index contributed by atoms with van der Waals surface area (Å²) in [5.41, 5.74) is 0.923. The van der Waals surface area contributed by atoms with Gasteiger partial charge in [-0.1, -0.05) is 6.07 Å². The number of fused-ring (bicyclic) bond motifs is 3. The number of nitrogens with zero attached hydrogens (tertiary/aromatic N) is 1. The average molecular weight is 255 g/mol. The molecule has 0 N–H and O–H groups in total. The fourth-order valence-corrected chi connectivity index (χ4v) is 2.52. The first-order chi connectivity index (χ1) is 9.11. The van der Waals surface area contributed by atoms with Crippen molar-refractivity contribution in [3.63, 3.8) is 0 Å². The summed E-state index contributed by atoms with van der Waals surface area (Å²) < 4.78 is 6.84. The van der Waals surface area contributed by atoms with Crippen LogP contribution in [0, 0.1) is 6.92 Å². The number of hydrogen-bond acceptors (Lipinski definition) is 3. The van der Waals surface area contributed by atoms with Crippen LogP contribution in [-0.4, -0.2) is 4.57 Å². The minimum atomic E-state index is -0.408. The predicted molar refractivity (Wildman–Crippen MR) is 74.7 cm³/mol. The van der Waals surface area contributed by atoms with Crippen molar-refractivity contribution in [2.45, 2.75) is 20.4 Å². The highest BCUT2D eigenvalue weighted by Gasteiger charge is 2.10. The normalized spacial score (nSPS) is 11.3. The molecule has 2 heterocycles. The van der Waals surface area contributed by atoms with Crippen LogP contribution in [0.2, 0.25) is 0 Å². The van der Waals surface area contributed by atoms with Gasteiger partial charge in [-0.15, -0.1) is 0 Å². The average Bonchev–Trinajstić information content (AvgIpc) is 2.38. The first kappa shape index (κ1) is 11.7. The molecule has 1 aromatic carbocycles. The molecule has 0 spiro atoms. The SMILES string of the molecule is CCn1c(C)cc2ccc3oc(=O)ccc3c2c1=O. The molecule has 0 radical (unpaired) electrons. The Kier molecular flexibility index (Phi) is 2.52. The van der Waals surface area contributed by atoms with Crippen molar-refractivity contribution in [3.05, 3.63) is 56.8 Å². The lowest BCUT2D eigenvalue weighted by atomic mass is 10.1. The van der Waals surface area contributed by atoms with Crippen molar-refractivity contribution in [3.8, 4) is 0 Å². The predicted octanol–water partition coefficient (Wildman–Crippen LogP) is 2.44. The van der Waals surface area contributed by atoms with Gasteiger partial charge in [-0.25, -0.2) is 4.79 Å². The van der Waals surface area contributed by atoms with Crippen molar-refractivity contribution in [2.75, 3.05) is 0 Å². The molecule has 3 aromatic rings. The molecule has 2 aromatic heterocycles. The Hall–Kier alpha value is -2.36. The molecule has 0 fully saturated rings. The van der Waals surface area contributed by atoms with E-state index in [1.54, 1.807) is 16.7 Å². The van der Waals surface area contributed by atoms with Gasteiger partial charge in [-0.3, -0.25) is 4.79 Å². The fourth-order valence-electron chi connectivity index (χ4n) is 2.52. The summed E-state index contributed by atoms with van der Waals surface area (Å²) in [5.74, 6) is 0. The van der Waals surface area contributed by atoms with Crippen molar-refractivity contribution in [1.82, 2.24) is 4.57 Å². The molecule has 0 aliphatic rings. The van der Waals surface area contributed by atoms with Gasteiger partial charge in [0.2, 0.25) is 0 Å². The first-order valence-electron chi connectivity index (χ1n) is 6.19. The molecule has 0 saturated heterocycles. The van der Waals surface area contributed by atoms with E-state index in [0.717, 1.165) is 11.1 Å². The molecule has 4 nitrogen and oxygen atoms in total. The van der Waals surface area contributed by atoms with Gasteiger partial charge in [0.05, 0.1) is 5.39 Å².